The lowest BCUT2D eigenvalue weighted by molar-refractivity contribution is -0.384. The van der Waals surface area contributed by atoms with Gasteiger partial charge in [-0.3, -0.25) is 29.5 Å². The number of nitrogens with zero attached hydrogens (tertiary/aromatic N) is 3. The first-order valence-electron chi connectivity index (χ1n) is 8.95. The number of amides is 2. The van der Waals surface area contributed by atoms with Gasteiger partial charge < -0.3 is 0 Å². The minimum Gasteiger partial charge on any atom is -0.282 e. The molecule has 3 aliphatic rings. The van der Waals surface area contributed by atoms with Crippen LogP contribution in [0.25, 0.3) is 0 Å². The Morgan fingerprint density at radius 3 is 2.56 bits per heavy atom. The van der Waals surface area contributed by atoms with E-state index in [0.717, 1.165) is 19.4 Å². The van der Waals surface area contributed by atoms with E-state index < -0.39 is 10.8 Å². The second-order valence-electron chi connectivity index (χ2n) is 7.23. The van der Waals surface area contributed by atoms with E-state index in [4.69, 9.17) is 0 Å². The highest BCUT2D eigenvalue weighted by molar-refractivity contribution is 6.21. The van der Waals surface area contributed by atoms with Gasteiger partial charge in [0.2, 0.25) is 0 Å². The van der Waals surface area contributed by atoms with Crippen molar-refractivity contribution in [2.75, 3.05) is 13.2 Å². The Kier molecular flexibility index (Phi) is 4.03. The molecular formula is C18H21N3O4. The molecule has 1 aromatic rings. The van der Waals surface area contributed by atoms with E-state index in [9.17, 15) is 19.7 Å². The van der Waals surface area contributed by atoms with Gasteiger partial charge in [0.1, 0.15) is 0 Å². The number of hydrogen-bond acceptors (Lipinski definition) is 5. The van der Waals surface area contributed by atoms with Crippen molar-refractivity contribution in [2.24, 2.45) is 5.92 Å². The molecule has 7 nitrogen and oxygen atoms in total. The predicted octanol–water partition coefficient (Wildman–Crippen LogP) is 2.80. The normalized spacial score (nSPS) is 26.5. The van der Waals surface area contributed by atoms with E-state index in [0.29, 0.717) is 18.6 Å². The highest BCUT2D eigenvalue weighted by Gasteiger charge is 2.40. The molecule has 1 saturated carbocycles. The summed E-state index contributed by atoms with van der Waals surface area (Å²) in [6.45, 7) is 1.19. The third-order valence-corrected chi connectivity index (χ3v) is 5.85. The fraction of sp³-hybridized carbons (Fsp3) is 0.556. The molecule has 0 aromatic heterocycles. The molecule has 0 radical (unpaired) electrons. The second-order valence-corrected chi connectivity index (χ2v) is 7.23. The number of non-ortho nitro benzene ring substituents is 1. The Balaban J connectivity index is 1.56. The first-order valence-corrected chi connectivity index (χ1v) is 8.95. The third-order valence-electron chi connectivity index (χ3n) is 5.85. The standard InChI is InChI=1S/C18H21N3O4/c22-17-14-8-7-13(21(24)25)10-15(14)18(23)20(17)11-19-9-3-5-12-4-1-2-6-16(12)19/h7-8,10,12,16H,1-6,9,11H2/t12-,16-/m0/s1. The van der Waals surface area contributed by atoms with Crippen molar-refractivity contribution in [3.8, 4) is 0 Å². The molecule has 4 rings (SSSR count). The van der Waals surface area contributed by atoms with Crippen LogP contribution in [-0.2, 0) is 0 Å². The Labute approximate surface area is 145 Å². The number of likely N-dealkylation sites (tertiary alicyclic amines) is 1. The number of fused-ring (bicyclic) bond motifs is 2. The average molecular weight is 343 g/mol. The minimum atomic E-state index is -0.544. The lowest BCUT2D eigenvalue weighted by Crippen LogP contribution is -2.52. The summed E-state index contributed by atoms with van der Waals surface area (Å²) < 4.78 is 0. The summed E-state index contributed by atoms with van der Waals surface area (Å²) in [6, 6.07) is 4.34. The number of imide groups is 1. The quantitative estimate of drug-likeness (QED) is 0.479. The summed E-state index contributed by atoms with van der Waals surface area (Å²) in [5.41, 5.74) is 0.260. The van der Waals surface area contributed by atoms with E-state index in [1.807, 2.05) is 0 Å². The molecule has 7 heteroatoms. The van der Waals surface area contributed by atoms with Crippen LogP contribution in [0.15, 0.2) is 18.2 Å². The minimum absolute atomic E-state index is 0.149. The molecule has 0 unspecified atom stereocenters. The molecule has 1 saturated heterocycles. The van der Waals surface area contributed by atoms with Crippen molar-refractivity contribution in [1.29, 1.82) is 0 Å². The number of rotatable bonds is 3. The van der Waals surface area contributed by atoms with Gasteiger partial charge in [0.15, 0.2) is 0 Å². The first-order chi connectivity index (χ1) is 12.1. The molecule has 1 aromatic carbocycles. The third kappa shape index (κ3) is 2.72. The molecule has 2 amide bonds. The Morgan fingerprint density at radius 1 is 1.04 bits per heavy atom. The fourth-order valence-electron chi connectivity index (χ4n) is 4.61. The zero-order valence-electron chi connectivity index (χ0n) is 14.0. The molecule has 2 atom stereocenters. The van der Waals surface area contributed by atoms with Gasteiger partial charge in [-0.05, 0) is 37.7 Å². The number of benzene rings is 1. The lowest BCUT2D eigenvalue weighted by Gasteiger charge is -2.45. The summed E-state index contributed by atoms with van der Waals surface area (Å²) >= 11 is 0. The topological polar surface area (TPSA) is 83.8 Å². The molecule has 0 bridgehead atoms. The van der Waals surface area contributed by atoms with Gasteiger partial charge in [0.25, 0.3) is 17.5 Å². The molecule has 2 aliphatic heterocycles. The number of carbonyl (C=O) groups is 2. The largest absolute Gasteiger partial charge is 0.282 e. The summed E-state index contributed by atoms with van der Waals surface area (Å²) in [4.78, 5) is 39.2. The van der Waals surface area contributed by atoms with Gasteiger partial charge in [0.05, 0.1) is 22.7 Å². The fourth-order valence-corrected chi connectivity index (χ4v) is 4.61. The van der Waals surface area contributed by atoms with Crippen LogP contribution in [0.1, 0.15) is 59.2 Å². The highest BCUT2D eigenvalue weighted by Crippen LogP contribution is 2.36. The molecule has 1 aliphatic carbocycles. The van der Waals surface area contributed by atoms with Crippen LogP contribution in [0.4, 0.5) is 5.69 Å². The van der Waals surface area contributed by atoms with Crippen molar-refractivity contribution < 1.29 is 14.5 Å². The van der Waals surface area contributed by atoms with Crippen LogP contribution in [-0.4, -0.2) is 45.8 Å². The molecule has 0 spiro atoms. The lowest BCUT2D eigenvalue weighted by atomic mass is 9.78. The molecule has 132 valence electrons. The number of hydrogen-bond donors (Lipinski definition) is 0. The van der Waals surface area contributed by atoms with Gasteiger partial charge in [-0.25, -0.2) is 0 Å². The molecule has 2 fully saturated rings. The summed E-state index contributed by atoms with van der Waals surface area (Å²) in [5.74, 6) is -0.0896. The smallest absolute Gasteiger partial charge is 0.270 e. The zero-order chi connectivity index (χ0) is 17.6. The number of carbonyl (C=O) groups excluding carboxylic acids is 2. The van der Waals surface area contributed by atoms with E-state index in [1.54, 1.807) is 0 Å². The Bertz CT molecular complexity index is 746. The average Bonchev–Trinajstić information content (AvgIpc) is 2.86. The SMILES string of the molecule is O=C1c2ccc([N+](=O)[O-])cc2C(=O)N1CN1CCC[C@@H]2CCCC[C@@H]21. The van der Waals surface area contributed by atoms with Gasteiger partial charge in [-0.2, -0.15) is 0 Å². The van der Waals surface area contributed by atoms with E-state index in [-0.39, 0.29) is 22.7 Å². The molecular weight excluding hydrogens is 322 g/mol. The monoisotopic (exact) mass is 343 g/mol. The van der Waals surface area contributed by atoms with Crippen LogP contribution in [0.3, 0.4) is 0 Å². The number of nitro groups is 1. The number of piperidine rings is 1. The van der Waals surface area contributed by atoms with Gasteiger partial charge in [-0.15, -0.1) is 0 Å². The van der Waals surface area contributed by atoms with Crippen LogP contribution in [0, 0.1) is 16.0 Å². The molecule has 0 N–H and O–H groups in total. The number of nitro benzene ring substituents is 1. The predicted molar refractivity (Wildman–Crippen MR) is 90.1 cm³/mol. The van der Waals surface area contributed by atoms with Crippen molar-refractivity contribution in [2.45, 2.75) is 44.6 Å². The van der Waals surface area contributed by atoms with Crippen LogP contribution in [0.5, 0.6) is 0 Å². The maximum Gasteiger partial charge on any atom is 0.270 e. The van der Waals surface area contributed by atoms with Crippen LogP contribution >= 0.6 is 0 Å². The van der Waals surface area contributed by atoms with Crippen molar-refractivity contribution in [3.63, 3.8) is 0 Å². The Morgan fingerprint density at radius 2 is 1.76 bits per heavy atom. The van der Waals surface area contributed by atoms with Gasteiger partial charge >= 0.3 is 0 Å². The van der Waals surface area contributed by atoms with E-state index in [1.165, 1.54) is 48.8 Å². The van der Waals surface area contributed by atoms with Crippen LogP contribution < -0.4 is 0 Å². The first kappa shape index (κ1) is 16.2. The molecule has 2 heterocycles. The van der Waals surface area contributed by atoms with E-state index >= 15 is 0 Å². The maximum atomic E-state index is 12.7. The maximum absolute atomic E-state index is 12.7. The van der Waals surface area contributed by atoms with Gasteiger partial charge in [-0.1, -0.05) is 12.8 Å². The summed E-state index contributed by atoms with van der Waals surface area (Å²) in [7, 11) is 0. The van der Waals surface area contributed by atoms with Crippen molar-refractivity contribution in [1.82, 2.24) is 9.80 Å². The van der Waals surface area contributed by atoms with Crippen molar-refractivity contribution in [3.05, 3.63) is 39.4 Å². The zero-order valence-corrected chi connectivity index (χ0v) is 14.0. The van der Waals surface area contributed by atoms with E-state index in [2.05, 4.69) is 4.90 Å². The summed E-state index contributed by atoms with van der Waals surface area (Å²) in [6.07, 6.45) is 7.15. The molecule has 25 heavy (non-hydrogen) atoms. The second kappa shape index (κ2) is 6.22. The van der Waals surface area contributed by atoms with Crippen molar-refractivity contribution >= 4 is 17.5 Å². The highest BCUT2D eigenvalue weighted by atomic mass is 16.6. The Hall–Kier alpha value is -2.28. The summed E-state index contributed by atoms with van der Waals surface area (Å²) in [5, 5.41) is 10.9. The van der Waals surface area contributed by atoms with Crippen LogP contribution in [0.2, 0.25) is 0 Å². The van der Waals surface area contributed by atoms with Gasteiger partial charge in [0, 0.05) is 24.7 Å².